The molecular weight excluding hydrogens is 254 g/mol. The first-order valence-corrected chi connectivity index (χ1v) is 6.67. The molecule has 2 N–H and O–H groups in total. The number of methoxy groups -OCH3 is 1. The van der Waals surface area contributed by atoms with Crippen molar-refractivity contribution in [1.82, 2.24) is 5.32 Å². The maximum Gasteiger partial charge on any atom is 0.251 e. The predicted octanol–water partition coefficient (Wildman–Crippen LogP) is 1.50. The molecule has 108 valence electrons. The molecule has 0 saturated heterocycles. The number of benzene rings is 1. The fourth-order valence-corrected chi connectivity index (χ4v) is 1.74. The molecule has 0 saturated carbocycles. The first-order valence-electron chi connectivity index (χ1n) is 6.67. The van der Waals surface area contributed by atoms with Crippen molar-refractivity contribution in [3.8, 4) is 11.8 Å². The van der Waals surface area contributed by atoms with Gasteiger partial charge in [-0.1, -0.05) is 17.9 Å². The van der Waals surface area contributed by atoms with E-state index in [-0.39, 0.29) is 12.5 Å². The van der Waals surface area contributed by atoms with Gasteiger partial charge in [-0.2, -0.15) is 0 Å². The molecule has 0 aromatic heterocycles. The fourth-order valence-electron chi connectivity index (χ4n) is 1.74. The van der Waals surface area contributed by atoms with Crippen molar-refractivity contribution in [2.24, 2.45) is 0 Å². The summed E-state index contributed by atoms with van der Waals surface area (Å²) in [6.07, 6.45) is 1.23. The van der Waals surface area contributed by atoms with Crippen molar-refractivity contribution in [2.75, 3.05) is 26.9 Å². The molecule has 1 aromatic carbocycles. The molecule has 20 heavy (non-hydrogen) atoms. The number of aliphatic hydroxyl groups excluding tert-OH is 1. The predicted molar refractivity (Wildman–Crippen MR) is 78.6 cm³/mol. The van der Waals surface area contributed by atoms with Gasteiger partial charge in [0.2, 0.25) is 0 Å². The molecule has 0 aliphatic carbocycles. The van der Waals surface area contributed by atoms with Gasteiger partial charge in [0.1, 0.15) is 0 Å². The molecule has 0 aliphatic heterocycles. The Morgan fingerprint density at radius 1 is 1.45 bits per heavy atom. The second-order valence-electron chi connectivity index (χ2n) is 4.36. The van der Waals surface area contributed by atoms with Crippen LogP contribution in [0.1, 0.15) is 34.3 Å². The van der Waals surface area contributed by atoms with E-state index < -0.39 is 0 Å². The molecule has 0 atom stereocenters. The van der Waals surface area contributed by atoms with E-state index in [4.69, 9.17) is 9.84 Å². The van der Waals surface area contributed by atoms with Crippen molar-refractivity contribution in [1.29, 1.82) is 0 Å². The SMILES string of the molecule is COCCCNC(=O)c1cccc(C#CCCO)c1C. The Morgan fingerprint density at radius 2 is 2.25 bits per heavy atom. The number of nitrogens with one attached hydrogen (secondary N) is 1. The van der Waals surface area contributed by atoms with Crippen LogP contribution in [-0.2, 0) is 4.74 Å². The van der Waals surface area contributed by atoms with E-state index in [0.29, 0.717) is 25.1 Å². The summed E-state index contributed by atoms with van der Waals surface area (Å²) >= 11 is 0. The minimum absolute atomic E-state index is 0.0473. The lowest BCUT2D eigenvalue weighted by Gasteiger charge is -2.08. The third kappa shape index (κ3) is 5.04. The lowest BCUT2D eigenvalue weighted by molar-refractivity contribution is 0.0948. The first kappa shape index (κ1) is 16.2. The van der Waals surface area contributed by atoms with Crippen LogP contribution < -0.4 is 5.32 Å². The summed E-state index contributed by atoms with van der Waals surface area (Å²) in [4.78, 5) is 12.1. The molecule has 1 amide bonds. The second-order valence-corrected chi connectivity index (χ2v) is 4.36. The largest absolute Gasteiger partial charge is 0.395 e. The highest BCUT2D eigenvalue weighted by Gasteiger charge is 2.10. The number of rotatable bonds is 6. The van der Waals surface area contributed by atoms with Crippen LogP contribution in [0.5, 0.6) is 0 Å². The third-order valence-electron chi connectivity index (χ3n) is 2.85. The molecule has 4 heteroatoms. The van der Waals surface area contributed by atoms with Crippen molar-refractivity contribution >= 4 is 5.91 Å². The Hall–Kier alpha value is -1.83. The van der Waals surface area contributed by atoms with Gasteiger partial charge in [-0.25, -0.2) is 0 Å². The molecule has 4 nitrogen and oxygen atoms in total. The Morgan fingerprint density at radius 3 is 2.95 bits per heavy atom. The topological polar surface area (TPSA) is 58.6 Å². The van der Waals surface area contributed by atoms with E-state index in [1.165, 1.54) is 0 Å². The molecule has 0 radical (unpaired) electrons. The van der Waals surface area contributed by atoms with Crippen LogP contribution in [0.2, 0.25) is 0 Å². The monoisotopic (exact) mass is 275 g/mol. The molecule has 0 fully saturated rings. The Bertz CT molecular complexity index is 500. The normalized spacial score (nSPS) is 9.75. The highest BCUT2D eigenvalue weighted by atomic mass is 16.5. The van der Waals surface area contributed by atoms with Gasteiger partial charge in [-0.05, 0) is 31.0 Å². The van der Waals surface area contributed by atoms with Gasteiger partial charge in [0.05, 0.1) is 6.61 Å². The number of amides is 1. The van der Waals surface area contributed by atoms with Crippen molar-refractivity contribution in [2.45, 2.75) is 19.8 Å². The first-order chi connectivity index (χ1) is 9.70. The highest BCUT2D eigenvalue weighted by molar-refractivity contribution is 5.96. The molecule has 0 aliphatic rings. The zero-order valence-electron chi connectivity index (χ0n) is 12.0. The summed E-state index contributed by atoms with van der Waals surface area (Å²) in [7, 11) is 1.64. The van der Waals surface area contributed by atoms with Gasteiger partial charge in [-0.15, -0.1) is 0 Å². The zero-order valence-corrected chi connectivity index (χ0v) is 12.0. The lowest BCUT2D eigenvalue weighted by atomic mass is 10.0. The van der Waals surface area contributed by atoms with Crippen LogP contribution in [0.25, 0.3) is 0 Å². The number of ether oxygens (including phenoxy) is 1. The van der Waals surface area contributed by atoms with Crippen LogP contribution in [0.15, 0.2) is 18.2 Å². The maximum atomic E-state index is 12.1. The van der Waals surface area contributed by atoms with E-state index in [1.54, 1.807) is 13.2 Å². The van der Waals surface area contributed by atoms with Gasteiger partial charge in [-0.3, -0.25) is 4.79 Å². The highest BCUT2D eigenvalue weighted by Crippen LogP contribution is 2.12. The average molecular weight is 275 g/mol. The van der Waals surface area contributed by atoms with E-state index in [9.17, 15) is 4.79 Å². The summed E-state index contributed by atoms with van der Waals surface area (Å²) in [6, 6.07) is 5.49. The minimum Gasteiger partial charge on any atom is -0.395 e. The minimum atomic E-state index is -0.0931. The van der Waals surface area contributed by atoms with Gasteiger partial charge in [0.25, 0.3) is 5.91 Å². The zero-order chi connectivity index (χ0) is 14.8. The van der Waals surface area contributed by atoms with Crippen LogP contribution >= 0.6 is 0 Å². The average Bonchev–Trinajstić information content (AvgIpc) is 2.45. The quantitative estimate of drug-likeness (QED) is 0.611. The summed E-state index contributed by atoms with van der Waals surface area (Å²) in [5, 5.41) is 11.6. The van der Waals surface area contributed by atoms with E-state index in [2.05, 4.69) is 17.2 Å². The number of carbonyl (C=O) groups is 1. The molecule has 0 heterocycles. The van der Waals surface area contributed by atoms with Crippen molar-refractivity contribution in [3.63, 3.8) is 0 Å². The number of aliphatic hydroxyl groups is 1. The van der Waals surface area contributed by atoms with Gasteiger partial charge >= 0.3 is 0 Å². The lowest BCUT2D eigenvalue weighted by Crippen LogP contribution is -2.26. The van der Waals surface area contributed by atoms with Crippen molar-refractivity contribution < 1.29 is 14.6 Å². The smallest absolute Gasteiger partial charge is 0.251 e. The Balaban J connectivity index is 2.73. The molecule has 0 spiro atoms. The molecular formula is C16H21NO3. The number of hydrogen-bond acceptors (Lipinski definition) is 3. The number of carbonyl (C=O) groups excluding carboxylic acids is 1. The van der Waals surface area contributed by atoms with Crippen LogP contribution in [0.3, 0.4) is 0 Å². The summed E-state index contributed by atoms with van der Waals surface area (Å²) in [6.45, 7) is 3.15. The summed E-state index contributed by atoms with van der Waals surface area (Å²) < 4.78 is 4.94. The Kier molecular flexibility index (Phi) is 7.41. The molecule has 1 rings (SSSR count). The van der Waals surface area contributed by atoms with Crippen LogP contribution in [0, 0.1) is 18.8 Å². The number of hydrogen-bond donors (Lipinski definition) is 2. The van der Waals surface area contributed by atoms with Crippen LogP contribution in [0.4, 0.5) is 0 Å². The van der Waals surface area contributed by atoms with Crippen LogP contribution in [-0.4, -0.2) is 37.9 Å². The maximum absolute atomic E-state index is 12.1. The molecule has 1 aromatic rings. The fraction of sp³-hybridized carbons (Fsp3) is 0.438. The Labute approximate surface area is 120 Å². The van der Waals surface area contributed by atoms with Gasteiger partial charge in [0, 0.05) is 37.8 Å². The van der Waals surface area contributed by atoms with E-state index >= 15 is 0 Å². The van der Waals surface area contributed by atoms with Crippen molar-refractivity contribution in [3.05, 3.63) is 34.9 Å². The van der Waals surface area contributed by atoms with Gasteiger partial charge < -0.3 is 15.2 Å². The standard InChI is InChI=1S/C16H21NO3/c1-13-14(7-3-4-11-18)8-5-9-15(13)16(19)17-10-6-12-20-2/h5,8-9,18H,4,6,10-12H2,1-2H3,(H,17,19). The van der Waals surface area contributed by atoms with Gasteiger partial charge in [0.15, 0.2) is 0 Å². The molecule has 0 unspecified atom stereocenters. The molecule has 0 bridgehead atoms. The van der Waals surface area contributed by atoms with E-state index in [0.717, 1.165) is 17.5 Å². The second kappa shape index (κ2) is 9.13. The third-order valence-corrected chi connectivity index (χ3v) is 2.85. The summed E-state index contributed by atoms with van der Waals surface area (Å²) in [5.74, 6) is 5.75. The van der Waals surface area contributed by atoms with E-state index in [1.807, 2.05) is 19.1 Å². The summed E-state index contributed by atoms with van der Waals surface area (Å²) in [5.41, 5.74) is 2.32.